The van der Waals surface area contributed by atoms with Crippen LogP contribution < -0.4 is 0 Å². The van der Waals surface area contributed by atoms with Crippen molar-refractivity contribution in [3.63, 3.8) is 0 Å². The van der Waals surface area contributed by atoms with Gasteiger partial charge in [0, 0.05) is 11.1 Å². The lowest BCUT2D eigenvalue weighted by atomic mass is 9.74. The number of rotatable bonds is 7. The Balaban J connectivity index is 2.14. The van der Waals surface area contributed by atoms with Gasteiger partial charge in [0.2, 0.25) is 11.2 Å². The first-order chi connectivity index (χ1) is 15.6. The van der Waals surface area contributed by atoms with Gasteiger partial charge in [-0.05, 0) is 42.0 Å². The van der Waals surface area contributed by atoms with E-state index >= 15 is 0 Å². The van der Waals surface area contributed by atoms with Gasteiger partial charge in [-0.1, -0.05) is 60.7 Å². The third-order valence-electron chi connectivity index (χ3n) is 5.42. The number of carbonyl (C=O) groups is 3. The second-order valence-corrected chi connectivity index (χ2v) is 8.11. The number of hydrogen-bond donors (Lipinski definition) is 0. The topological polar surface area (TPSA) is 69.7 Å². The van der Waals surface area contributed by atoms with Crippen molar-refractivity contribution in [3.05, 3.63) is 93.7 Å². The van der Waals surface area contributed by atoms with Gasteiger partial charge in [0.15, 0.2) is 0 Å². The van der Waals surface area contributed by atoms with E-state index in [2.05, 4.69) is 0 Å². The van der Waals surface area contributed by atoms with Gasteiger partial charge in [-0.3, -0.25) is 14.4 Å². The average Bonchev–Trinajstić information content (AvgIpc) is 3.45. The Hall–Kier alpha value is -3.51. The van der Waals surface area contributed by atoms with Crippen LogP contribution in [0.4, 0.5) is 0 Å². The minimum absolute atomic E-state index is 0.0818. The molecule has 5 nitrogen and oxygen atoms in total. The van der Waals surface area contributed by atoms with Crippen LogP contribution >= 0.6 is 11.3 Å². The van der Waals surface area contributed by atoms with Crippen molar-refractivity contribution in [2.75, 3.05) is 13.2 Å². The van der Waals surface area contributed by atoms with Crippen molar-refractivity contribution >= 4 is 40.2 Å². The van der Waals surface area contributed by atoms with E-state index in [1.807, 2.05) is 11.4 Å². The summed E-state index contributed by atoms with van der Waals surface area (Å²) in [5.74, 6) is -1.75. The van der Waals surface area contributed by atoms with Gasteiger partial charge >= 0.3 is 11.9 Å². The van der Waals surface area contributed by atoms with Gasteiger partial charge in [0.05, 0.1) is 18.1 Å². The molecule has 1 heterocycles. The number of allylic oxidation sites excluding steroid dienone is 1. The van der Waals surface area contributed by atoms with E-state index in [0.29, 0.717) is 32.7 Å². The van der Waals surface area contributed by atoms with Crippen molar-refractivity contribution in [1.82, 2.24) is 0 Å². The number of carbonyl (C=O) groups excluding carboxylic acids is 3. The summed E-state index contributed by atoms with van der Waals surface area (Å²) in [4.78, 5) is 41.5. The van der Waals surface area contributed by atoms with E-state index in [0.717, 1.165) is 0 Å². The Bertz CT molecular complexity index is 1170. The van der Waals surface area contributed by atoms with Gasteiger partial charge < -0.3 is 9.47 Å². The predicted molar refractivity (Wildman–Crippen MR) is 123 cm³/mol. The maximum absolute atomic E-state index is 13.8. The Morgan fingerprint density at radius 2 is 1.44 bits per heavy atom. The number of benzene rings is 2. The van der Waals surface area contributed by atoms with Crippen molar-refractivity contribution < 1.29 is 23.9 Å². The molecule has 1 aliphatic rings. The minimum Gasteiger partial charge on any atom is -0.465 e. The van der Waals surface area contributed by atoms with Crippen LogP contribution in [0.2, 0.25) is 0 Å². The van der Waals surface area contributed by atoms with Gasteiger partial charge in [0.25, 0.3) is 0 Å². The van der Waals surface area contributed by atoms with Gasteiger partial charge in [0.1, 0.15) is 0 Å². The number of fused-ring (bicyclic) bond motifs is 1. The highest BCUT2D eigenvalue weighted by Crippen LogP contribution is 2.53. The highest BCUT2D eigenvalue weighted by atomic mass is 32.1. The minimum atomic E-state index is -1.90. The third-order valence-corrected chi connectivity index (χ3v) is 6.29. The van der Waals surface area contributed by atoms with Gasteiger partial charge in [-0.15, -0.1) is 11.3 Å². The maximum atomic E-state index is 13.8. The summed E-state index contributed by atoms with van der Waals surface area (Å²) in [6.07, 6.45) is 0. The largest absolute Gasteiger partial charge is 0.465 e. The van der Waals surface area contributed by atoms with Gasteiger partial charge in [-0.25, -0.2) is 0 Å². The summed E-state index contributed by atoms with van der Waals surface area (Å²) < 4.78 is 10.9. The SMILES string of the molecule is CCOC(=O)C1(C(=O)OCC)C(c2ccccc2)=C(C(=O)c2cccs2)c2ccccc21. The van der Waals surface area contributed by atoms with Crippen molar-refractivity contribution in [2.45, 2.75) is 19.3 Å². The summed E-state index contributed by atoms with van der Waals surface area (Å²) >= 11 is 1.31. The van der Waals surface area contributed by atoms with E-state index in [1.165, 1.54) is 11.3 Å². The molecule has 162 valence electrons. The summed E-state index contributed by atoms with van der Waals surface area (Å²) in [7, 11) is 0. The van der Waals surface area contributed by atoms with Crippen LogP contribution in [0, 0.1) is 0 Å². The maximum Gasteiger partial charge on any atom is 0.332 e. The molecule has 1 aromatic heterocycles. The van der Waals surface area contributed by atoms with Crippen LogP contribution in [0.25, 0.3) is 11.1 Å². The molecule has 3 aromatic rings. The van der Waals surface area contributed by atoms with E-state index < -0.39 is 17.4 Å². The first kappa shape index (κ1) is 21.7. The van der Waals surface area contributed by atoms with Crippen LogP contribution in [0.5, 0.6) is 0 Å². The molecule has 0 N–H and O–H groups in total. The fourth-order valence-corrected chi connectivity index (χ4v) is 4.87. The zero-order valence-corrected chi connectivity index (χ0v) is 18.6. The lowest BCUT2D eigenvalue weighted by Gasteiger charge is -2.29. The molecule has 0 bridgehead atoms. The monoisotopic (exact) mass is 446 g/mol. The Labute approximate surface area is 190 Å². The van der Waals surface area contributed by atoms with E-state index in [9.17, 15) is 14.4 Å². The Morgan fingerprint density at radius 1 is 0.812 bits per heavy atom. The average molecular weight is 447 g/mol. The highest BCUT2D eigenvalue weighted by molar-refractivity contribution is 7.12. The molecule has 2 aromatic carbocycles. The summed E-state index contributed by atoms with van der Waals surface area (Å²) in [5.41, 5.74) is 0.239. The molecular formula is C26H22O5S. The van der Waals surface area contributed by atoms with E-state index in [1.54, 1.807) is 74.5 Å². The molecule has 0 atom stereocenters. The van der Waals surface area contributed by atoms with Crippen LogP contribution in [-0.4, -0.2) is 30.9 Å². The highest BCUT2D eigenvalue weighted by Gasteiger charge is 2.60. The fourth-order valence-electron chi connectivity index (χ4n) is 4.20. The number of thiophene rings is 1. The molecule has 0 saturated heterocycles. The second-order valence-electron chi connectivity index (χ2n) is 7.16. The predicted octanol–water partition coefficient (Wildman–Crippen LogP) is 4.92. The van der Waals surface area contributed by atoms with Crippen molar-refractivity contribution in [3.8, 4) is 0 Å². The zero-order chi connectivity index (χ0) is 22.7. The standard InChI is InChI=1S/C26H22O5S/c1-3-30-24(28)26(25(29)31-4-2)19-14-9-8-13-18(19)21(23(27)20-15-10-16-32-20)22(26)17-11-6-5-7-12-17/h5-16H,3-4H2,1-2H3. The molecule has 4 rings (SSSR count). The number of ether oxygens (including phenoxy) is 2. The molecule has 0 fully saturated rings. The van der Waals surface area contributed by atoms with Crippen LogP contribution in [-0.2, 0) is 24.5 Å². The lowest BCUT2D eigenvalue weighted by molar-refractivity contribution is -0.161. The molecule has 0 aliphatic heterocycles. The molecule has 32 heavy (non-hydrogen) atoms. The summed E-state index contributed by atoms with van der Waals surface area (Å²) in [6.45, 7) is 3.53. The summed E-state index contributed by atoms with van der Waals surface area (Å²) in [5, 5.41) is 1.82. The van der Waals surface area contributed by atoms with E-state index in [-0.39, 0.29) is 19.0 Å². The molecule has 0 saturated carbocycles. The first-order valence-corrected chi connectivity index (χ1v) is 11.3. The molecule has 0 spiro atoms. The molecule has 1 aliphatic carbocycles. The molecule has 0 radical (unpaired) electrons. The van der Waals surface area contributed by atoms with Gasteiger partial charge in [-0.2, -0.15) is 0 Å². The van der Waals surface area contributed by atoms with E-state index in [4.69, 9.17) is 9.47 Å². The van der Waals surface area contributed by atoms with Crippen LogP contribution in [0.1, 0.15) is 40.2 Å². The third kappa shape index (κ3) is 3.28. The fraction of sp³-hybridized carbons (Fsp3) is 0.192. The number of esters is 2. The van der Waals surface area contributed by atoms with Crippen molar-refractivity contribution in [1.29, 1.82) is 0 Å². The number of hydrogen-bond acceptors (Lipinski definition) is 6. The molecule has 0 unspecified atom stereocenters. The zero-order valence-electron chi connectivity index (χ0n) is 17.8. The van der Waals surface area contributed by atoms with Crippen molar-refractivity contribution in [2.24, 2.45) is 0 Å². The second kappa shape index (κ2) is 8.93. The Kier molecular flexibility index (Phi) is 6.06. The lowest BCUT2D eigenvalue weighted by Crippen LogP contribution is -2.46. The molecule has 6 heteroatoms. The quantitative estimate of drug-likeness (QED) is 0.293. The Morgan fingerprint density at radius 3 is 2.03 bits per heavy atom. The molecular weight excluding hydrogens is 424 g/mol. The smallest absolute Gasteiger partial charge is 0.332 e. The number of Topliss-reactive ketones (excluding diaryl/α,β-unsaturated/α-hetero) is 1. The number of ketones is 1. The summed E-state index contributed by atoms with van der Waals surface area (Å²) in [6, 6.07) is 19.5. The van der Waals surface area contributed by atoms with Crippen LogP contribution in [0.3, 0.4) is 0 Å². The first-order valence-electron chi connectivity index (χ1n) is 10.4. The molecule has 0 amide bonds. The normalized spacial score (nSPS) is 14.1. The van der Waals surface area contributed by atoms with Crippen LogP contribution in [0.15, 0.2) is 72.1 Å².